The summed E-state index contributed by atoms with van der Waals surface area (Å²) >= 11 is 2.26. The predicted octanol–water partition coefficient (Wildman–Crippen LogP) is 0.936. The SMILES string of the molecule is CC([Si])I. The molecule has 0 aromatic rings. The maximum Gasteiger partial charge on any atom is 0.0407 e. The van der Waals surface area contributed by atoms with Crippen molar-refractivity contribution < 1.29 is 0 Å². The molecule has 0 rings (SSSR count). The lowest BCUT2D eigenvalue weighted by molar-refractivity contribution is 1.46. The molecule has 0 aromatic heterocycles. The van der Waals surface area contributed by atoms with E-state index in [1.54, 1.807) is 0 Å². The third kappa shape index (κ3) is 12.5. The third-order valence-corrected chi connectivity index (χ3v) is 0. The predicted molar refractivity (Wildman–Crippen MR) is 29.2 cm³/mol. The van der Waals surface area contributed by atoms with Crippen molar-refractivity contribution in [1.29, 1.82) is 0 Å². The molecule has 0 aliphatic rings. The second kappa shape index (κ2) is 2.20. The third-order valence-electron chi connectivity index (χ3n) is 0. The summed E-state index contributed by atoms with van der Waals surface area (Å²) < 4.78 is 0.609. The van der Waals surface area contributed by atoms with Gasteiger partial charge >= 0.3 is 0 Å². The van der Waals surface area contributed by atoms with Crippen LogP contribution in [0.4, 0.5) is 0 Å². The molecule has 2 heteroatoms. The molecule has 0 fully saturated rings. The van der Waals surface area contributed by atoms with E-state index in [9.17, 15) is 0 Å². The summed E-state index contributed by atoms with van der Waals surface area (Å²) in [7, 11) is 3.30. The summed E-state index contributed by atoms with van der Waals surface area (Å²) in [6.07, 6.45) is 0. The largest absolute Gasteiger partial charge is 0.0873 e. The van der Waals surface area contributed by atoms with Crippen molar-refractivity contribution in [2.45, 2.75) is 10.5 Å². The first-order chi connectivity index (χ1) is 1.73. The molecule has 3 radical (unpaired) electrons. The van der Waals surface area contributed by atoms with Gasteiger partial charge in [0.05, 0.1) is 0 Å². The Labute approximate surface area is 43.5 Å². The van der Waals surface area contributed by atoms with Crippen molar-refractivity contribution in [3.05, 3.63) is 0 Å². The molecule has 1 atom stereocenters. The van der Waals surface area contributed by atoms with Crippen LogP contribution in [0.1, 0.15) is 6.92 Å². The zero-order valence-electron chi connectivity index (χ0n) is 2.46. The molecule has 0 aromatic carbocycles. The molecule has 0 saturated heterocycles. The van der Waals surface area contributed by atoms with E-state index in [1.165, 1.54) is 0 Å². The van der Waals surface area contributed by atoms with Crippen molar-refractivity contribution >= 4 is 32.8 Å². The van der Waals surface area contributed by atoms with Crippen LogP contribution in [0.5, 0.6) is 0 Å². The lowest BCUT2D eigenvalue weighted by Crippen LogP contribution is -1.80. The molecule has 0 amide bonds. The van der Waals surface area contributed by atoms with Gasteiger partial charge in [0.2, 0.25) is 0 Å². The van der Waals surface area contributed by atoms with Crippen molar-refractivity contribution in [2.24, 2.45) is 0 Å². The Bertz CT molecular complexity index is 10.8. The molecular formula is C2H4ISi. The smallest absolute Gasteiger partial charge is 0.0407 e. The quantitative estimate of drug-likeness (QED) is 0.298. The first kappa shape index (κ1) is 4.95. The number of hydrogen-bond acceptors (Lipinski definition) is 0. The van der Waals surface area contributed by atoms with Crippen LogP contribution in [0.2, 0.25) is 0 Å². The molecule has 0 bridgehead atoms. The second-order valence-corrected chi connectivity index (χ2v) is 4.53. The average Bonchev–Trinajstić information content (AvgIpc) is 0.811. The molecule has 4 heavy (non-hydrogen) atoms. The first-order valence-electron chi connectivity index (χ1n) is 1.08. The van der Waals surface area contributed by atoms with E-state index in [0.29, 0.717) is 3.55 Å². The van der Waals surface area contributed by atoms with E-state index in [4.69, 9.17) is 0 Å². The highest BCUT2D eigenvalue weighted by atomic mass is 127. The van der Waals surface area contributed by atoms with Crippen LogP contribution in [0.25, 0.3) is 0 Å². The van der Waals surface area contributed by atoms with Gasteiger partial charge in [-0.05, 0) is 3.55 Å². The maximum atomic E-state index is 3.30. The lowest BCUT2D eigenvalue weighted by atomic mass is 11.0. The normalized spacial score (nSPS) is 15.8. The Kier molecular flexibility index (Phi) is 2.72. The van der Waals surface area contributed by atoms with Crippen LogP contribution in [0.15, 0.2) is 0 Å². The summed E-state index contributed by atoms with van der Waals surface area (Å²) in [5.74, 6) is 0. The van der Waals surface area contributed by atoms with Crippen LogP contribution < -0.4 is 0 Å². The van der Waals surface area contributed by atoms with E-state index < -0.39 is 0 Å². The van der Waals surface area contributed by atoms with Crippen LogP contribution in [0.3, 0.4) is 0 Å². The van der Waals surface area contributed by atoms with Crippen molar-refractivity contribution in [2.75, 3.05) is 0 Å². The highest BCUT2D eigenvalue weighted by Gasteiger charge is 1.71. The molecule has 0 aliphatic carbocycles. The van der Waals surface area contributed by atoms with Gasteiger partial charge in [0.15, 0.2) is 0 Å². The Morgan fingerprint density at radius 1 is 2.00 bits per heavy atom. The standard InChI is InChI=1S/C2H4ISi/c1-2(3)4/h2H,1H3. The Morgan fingerprint density at radius 3 is 2.00 bits per heavy atom. The van der Waals surface area contributed by atoms with Crippen molar-refractivity contribution in [3.8, 4) is 0 Å². The van der Waals surface area contributed by atoms with Crippen molar-refractivity contribution in [3.63, 3.8) is 0 Å². The zero-order chi connectivity index (χ0) is 3.58. The molecule has 0 saturated carbocycles. The average molecular weight is 183 g/mol. The summed E-state index contributed by atoms with van der Waals surface area (Å²) in [6.45, 7) is 2.07. The Morgan fingerprint density at radius 2 is 2.00 bits per heavy atom. The van der Waals surface area contributed by atoms with Gasteiger partial charge in [0.25, 0.3) is 0 Å². The fourth-order valence-electron chi connectivity index (χ4n) is 0. The van der Waals surface area contributed by atoms with Gasteiger partial charge in [0, 0.05) is 10.2 Å². The second-order valence-electron chi connectivity index (χ2n) is 0.616. The van der Waals surface area contributed by atoms with E-state index in [0.717, 1.165) is 0 Å². The molecular weight excluding hydrogens is 179 g/mol. The Balaban J connectivity index is 2.32. The van der Waals surface area contributed by atoms with E-state index >= 15 is 0 Å². The highest BCUT2D eigenvalue weighted by Crippen LogP contribution is 1.86. The number of hydrogen-bond donors (Lipinski definition) is 0. The summed E-state index contributed by atoms with van der Waals surface area (Å²) in [6, 6.07) is 0. The molecule has 0 nitrogen and oxygen atoms in total. The number of rotatable bonds is 0. The highest BCUT2D eigenvalue weighted by molar-refractivity contribution is 14.1. The minimum absolute atomic E-state index is 0.609. The van der Waals surface area contributed by atoms with Gasteiger partial charge in [-0.15, -0.1) is 0 Å². The minimum atomic E-state index is 0.609. The van der Waals surface area contributed by atoms with Gasteiger partial charge in [0.1, 0.15) is 0 Å². The summed E-state index contributed by atoms with van der Waals surface area (Å²) in [5, 5.41) is 0. The zero-order valence-corrected chi connectivity index (χ0v) is 5.61. The van der Waals surface area contributed by atoms with E-state index in [2.05, 4.69) is 39.8 Å². The fraction of sp³-hybridized carbons (Fsp3) is 1.00. The molecule has 0 aliphatic heterocycles. The van der Waals surface area contributed by atoms with Gasteiger partial charge in [-0.1, -0.05) is 29.5 Å². The maximum absolute atomic E-state index is 3.30. The van der Waals surface area contributed by atoms with E-state index in [-0.39, 0.29) is 0 Å². The monoisotopic (exact) mass is 183 g/mol. The van der Waals surface area contributed by atoms with Crippen LogP contribution >= 0.6 is 22.6 Å². The summed E-state index contributed by atoms with van der Waals surface area (Å²) in [4.78, 5) is 0. The summed E-state index contributed by atoms with van der Waals surface area (Å²) in [5.41, 5.74) is 0. The minimum Gasteiger partial charge on any atom is -0.0873 e. The van der Waals surface area contributed by atoms with Crippen molar-refractivity contribution in [1.82, 2.24) is 0 Å². The lowest BCUT2D eigenvalue weighted by Gasteiger charge is -1.75. The Hall–Kier alpha value is 0.947. The first-order valence-corrected chi connectivity index (χ1v) is 2.91. The van der Waals surface area contributed by atoms with Gasteiger partial charge < -0.3 is 0 Å². The topological polar surface area (TPSA) is 0 Å². The fourth-order valence-corrected chi connectivity index (χ4v) is 0. The van der Waals surface area contributed by atoms with Gasteiger partial charge in [-0.2, -0.15) is 0 Å². The number of alkyl halides is 1. The number of halogens is 1. The molecule has 1 unspecified atom stereocenters. The molecule has 23 valence electrons. The molecule has 0 heterocycles. The van der Waals surface area contributed by atoms with Crippen LogP contribution in [0, 0.1) is 0 Å². The molecule has 0 spiro atoms. The molecule has 0 N–H and O–H groups in total. The van der Waals surface area contributed by atoms with E-state index in [1.807, 2.05) is 0 Å². The van der Waals surface area contributed by atoms with Crippen LogP contribution in [-0.4, -0.2) is 13.8 Å². The van der Waals surface area contributed by atoms with Crippen LogP contribution in [-0.2, 0) is 0 Å². The van der Waals surface area contributed by atoms with Gasteiger partial charge in [-0.25, -0.2) is 0 Å². The van der Waals surface area contributed by atoms with Gasteiger partial charge in [-0.3, -0.25) is 0 Å².